The van der Waals surface area contributed by atoms with Gasteiger partial charge in [-0.3, -0.25) is 0 Å². The number of benzene rings is 1. The van der Waals surface area contributed by atoms with Gasteiger partial charge in [0.1, 0.15) is 0 Å². The van der Waals surface area contributed by atoms with Gasteiger partial charge in [0.15, 0.2) is 0 Å². The zero-order valence-electron chi connectivity index (χ0n) is 11.7. The van der Waals surface area contributed by atoms with Crippen LogP contribution < -0.4 is 5.32 Å². The lowest BCUT2D eigenvalue weighted by molar-refractivity contribution is 0.0695. The molecule has 4 heteroatoms. The van der Waals surface area contributed by atoms with Crippen molar-refractivity contribution in [2.24, 2.45) is 0 Å². The van der Waals surface area contributed by atoms with Crippen molar-refractivity contribution in [3.05, 3.63) is 35.4 Å². The molecule has 0 unspecified atom stereocenters. The molecule has 0 radical (unpaired) electrons. The number of aromatic carboxylic acids is 1. The molecule has 2 N–H and O–H groups in total. The Morgan fingerprint density at radius 3 is 2.74 bits per heavy atom. The molecule has 4 nitrogen and oxygen atoms in total. The zero-order chi connectivity index (χ0) is 14.1. The molecule has 0 aliphatic heterocycles. The van der Waals surface area contributed by atoms with E-state index in [1.54, 1.807) is 12.1 Å². The molecule has 0 aliphatic carbocycles. The summed E-state index contributed by atoms with van der Waals surface area (Å²) in [5.41, 5.74) is 1.20. The molecule has 0 saturated heterocycles. The highest BCUT2D eigenvalue weighted by atomic mass is 16.5. The Bertz CT molecular complexity index is 391. The van der Waals surface area contributed by atoms with E-state index in [0.717, 1.165) is 31.6 Å². The molecule has 0 spiro atoms. The van der Waals surface area contributed by atoms with Crippen molar-refractivity contribution in [2.75, 3.05) is 13.2 Å². The van der Waals surface area contributed by atoms with Crippen molar-refractivity contribution in [1.29, 1.82) is 0 Å². The lowest BCUT2D eigenvalue weighted by atomic mass is 10.1. The van der Waals surface area contributed by atoms with E-state index >= 15 is 0 Å². The Hall–Kier alpha value is -1.39. The van der Waals surface area contributed by atoms with E-state index in [2.05, 4.69) is 5.32 Å². The van der Waals surface area contributed by atoms with E-state index in [1.807, 2.05) is 26.0 Å². The van der Waals surface area contributed by atoms with E-state index in [0.29, 0.717) is 12.1 Å². The maximum atomic E-state index is 11.0. The van der Waals surface area contributed by atoms with Gasteiger partial charge in [0.25, 0.3) is 0 Å². The Morgan fingerprint density at radius 1 is 1.32 bits per heavy atom. The van der Waals surface area contributed by atoms with Crippen LogP contribution in [-0.4, -0.2) is 30.3 Å². The van der Waals surface area contributed by atoms with Crippen molar-refractivity contribution in [1.82, 2.24) is 5.32 Å². The molecule has 1 aromatic carbocycles. The second-order valence-corrected chi connectivity index (χ2v) is 4.77. The molecule has 0 fully saturated rings. The quantitative estimate of drug-likeness (QED) is 0.674. The average Bonchev–Trinajstić information content (AvgIpc) is 2.37. The number of hydrogen-bond acceptors (Lipinski definition) is 3. The van der Waals surface area contributed by atoms with Crippen molar-refractivity contribution < 1.29 is 14.6 Å². The van der Waals surface area contributed by atoms with Crippen molar-refractivity contribution in [3.63, 3.8) is 0 Å². The highest BCUT2D eigenvalue weighted by Crippen LogP contribution is 2.08. The molecule has 1 aromatic rings. The van der Waals surface area contributed by atoms with Gasteiger partial charge in [0.2, 0.25) is 0 Å². The summed E-state index contributed by atoms with van der Waals surface area (Å²) in [6.45, 7) is 6.30. The van der Waals surface area contributed by atoms with E-state index in [1.165, 1.54) is 0 Å². The standard InChI is InChI=1S/C15H23NO3/c1-12(2)19-10-6-5-9-16-11-13-7-3-4-8-14(13)15(17)18/h3-4,7-8,12,16H,5-6,9-11H2,1-2H3,(H,17,18). The van der Waals surface area contributed by atoms with Crippen molar-refractivity contribution in [2.45, 2.75) is 39.3 Å². The first-order chi connectivity index (χ1) is 9.11. The van der Waals surface area contributed by atoms with Crippen LogP contribution in [0.25, 0.3) is 0 Å². The third-order valence-electron chi connectivity index (χ3n) is 2.76. The number of rotatable bonds is 9. The number of carbonyl (C=O) groups is 1. The maximum Gasteiger partial charge on any atom is 0.336 e. The molecule has 0 bridgehead atoms. The summed E-state index contributed by atoms with van der Waals surface area (Å²) in [6, 6.07) is 7.09. The lowest BCUT2D eigenvalue weighted by Crippen LogP contribution is -2.17. The van der Waals surface area contributed by atoms with Gasteiger partial charge in [-0.05, 0) is 44.9 Å². The largest absolute Gasteiger partial charge is 0.478 e. The van der Waals surface area contributed by atoms with E-state index in [-0.39, 0.29) is 6.10 Å². The third-order valence-corrected chi connectivity index (χ3v) is 2.76. The van der Waals surface area contributed by atoms with Gasteiger partial charge < -0.3 is 15.2 Å². The van der Waals surface area contributed by atoms with Crippen LogP contribution in [-0.2, 0) is 11.3 Å². The van der Waals surface area contributed by atoms with Gasteiger partial charge in [0, 0.05) is 13.2 Å². The summed E-state index contributed by atoms with van der Waals surface area (Å²) in [5, 5.41) is 12.3. The molecule has 0 saturated carbocycles. The van der Waals surface area contributed by atoms with E-state index in [4.69, 9.17) is 9.84 Å². The summed E-state index contributed by atoms with van der Waals surface area (Å²) in [4.78, 5) is 11.0. The average molecular weight is 265 g/mol. The Labute approximate surface area is 114 Å². The van der Waals surface area contributed by atoms with Crippen LogP contribution >= 0.6 is 0 Å². The minimum absolute atomic E-state index is 0.287. The van der Waals surface area contributed by atoms with Gasteiger partial charge in [-0.15, -0.1) is 0 Å². The number of carboxylic acids is 1. The van der Waals surface area contributed by atoms with Gasteiger partial charge >= 0.3 is 5.97 Å². The number of ether oxygens (including phenoxy) is 1. The molecule has 1 rings (SSSR count). The van der Waals surface area contributed by atoms with Gasteiger partial charge in [-0.2, -0.15) is 0 Å². The smallest absolute Gasteiger partial charge is 0.336 e. The molecule has 0 aromatic heterocycles. The fraction of sp³-hybridized carbons (Fsp3) is 0.533. The highest BCUT2D eigenvalue weighted by molar-refractivity contribution is 5.89. The summed E-state index contributed by atoms with van der Waals surface area (Å²) in [5.74, 6) is -0.872. The van der Waals surface area contributed by atoms with Crippen LogP contribution in [0.15, 0.2) is 24.3 Å². The van der Waals surface area contributed by atoms with Crippen LogP contribution in [0.2, 0.25) is 0 Å². The monoisotopic (exact) mass is 265 g/mol. The molecule has 0 heterocycles. The summed E-state index contributed by atoms with van der Waals surface area (Å²) in [7, 11) is 0. The first-order valence-corrected chi connectivity index (χ1v) is 6.74. The van der Waals surface area contributed by atoms with Crippen molar-refractivity contribution in [3.8, 4) is 0 Å². The lowest BCUT2D eigenvalue weighted by Gasteiger charge is -2.09. The fourth-order valence-electron chi connectivity index (χ4n) is 1.78. The highest BCUT2D eigenvalue weighted by Gasteiger charge is 2.07. The second kappa shape index (κ2) is 8.67. The second-order valence-electron chi connectivity index (χ2n) is 4.77. The van der Waals surface area contributed by atoms with Crippen LogP contribution in [0, 0.1) is 0 Å². The summed E-state index contributed by atoms with van der Waals surface area (Å²) in [6.07, 6.45) is 2.34. The van der Waals surface area contributed by atoms with Gasteiger partial charge in [0.05, 0.1) is 11.7 Å². The van der Waals surface area contributed by atoms with Gasteiger partial charge in [-0.1, -0.05) is 18.2 Å². The Morgan fingerprint density at radius 2 is 2.05 bits per heavy atom. The Balaban J connectivity index is 2.21. The first-order valence-electron chi connectivity index (χ1n) is 6.74. The number of nitrogens with one attached hydrogen (secondary N) is 1. The topological polar surface area (TPSA) is 58.6 Å². The number of carboxylic acid groups (broad SMARTS) is 1. The molecule has 0 amide bonds. The van der Waals surface area contributed by atoms with Crippen LogP contribution in [0.3, 0.4) is 0 Å². The molecular weight excluding hydrogens is 242 g/mol. The Kier molecular flexibility index (Phi) is 7.15. The normalized spacial score (nSPS) is 10.9. The third kappa shape index (κ3) is 6.36. The molecule has 0 atom stereocenters. The predicted molar refractivity (Wildman–Crippen MR) is 75.4 cm³/mol. The SMILES string of the molecule is CC(C)OCCCCNCc1ccccc1C(=O)O. The zero-order valence-corrected chi connectivity index (χ0v) is 11.7. The summed E-state index contributed by atoms with van der Waals surface area (Å²) >= 11 is 0. The molecule has 19 heavy (non-hydrogen) atoms. The number of hydrogen-bond donors (Lipinski definition) is 2. The first kappa shape index (κ1) is 15.7. The van der Waals surface area contributed by atoms with Crippen molar-refractivity contribution >= 4 is 5.97 Å². The van der Waals surface area contributed by atoms with Crippen LogP contribution in [0.5, 0.6) is 0 Å². The molecular formula is C15H23NO3. The van der Waals surface area contributed by atoms with Crippen LogP contribution in [0.4, 0.5) is 0 Å². The number of unbranched alkanes of at least 4 members (excludes halogenated alkanes) is 1. The minimum atomic E-state index is -0.872. The van der Waals surface area contributed by atoms with Gasteiger partial charge in [-0.25, -0.2) is 4.79 Å². The predicted octanol–water partition coefficient (Wildman–Crippen LogP) is 2.68. The fourth-order valence-corrected chi connectivity index (χ4v) is 1.78. The summed E-state index contributed by atoms with van der Waals surface area (Å²) < 4.78 is 5.45. The minimum Gasteiger partial charge on any atom is -0.478 e. The van der Waals surface area contributed by atoms with E-state index < -0.39 is 5.97 Å². The van der Waals surface area contributed by atoms with Crippen LogP contribution in [0.1, 0.15) is 42.6 Å². The molecule has 0 aliphatic rings. The maximum absolute atomic E-state index is 11.0. The molecule has 106 valence electrons. The van der Waals surface area contributed by atoms with E-state index in [9.17, 15) is 4.79 Å².